The largest absolute Gasteiger partial charge is 0.394 e. The first kappa shape index (κ1) is 15.3. The quantitative estimate of drug-likeness (QED) is 0.749. The van der Waals surface area contributed by atoms with Crippen molar-refractivity contribution in [1.29, 1.82) is 0 Å². The van der Waals surface area contributed by atoms with E-state index < -0.39 is 48.3 Å². The second kappa shape index (κ2) is 5.92. The standard InChI is InChI=1S/C13H17FN2O6/c14-7-5-15(11-4-8(18)9(6-17)22-11)13(20)16(12(7)19)10-2-1-3-21-10/h5,8-11,17-18H,1-4,6H2/t8-,9+,10?,11+/m0/s1. The molecule has 2 fully saturated rings. The summed E-state index contributed by atoms with van der Waals surface area (Å²) < 4.78 is 26.2. The van der Waals surface area contributed by atoms with Crippen molar-refractivity contribution >= 4 is 0 Å². The molecule has 0 amide bonds. The van der Waals surface area contributed by atoms with E-state index in [0.29, 0.717) is 19.4 Å². The number of aliphatic hydroxyl groups is 2. The van der Waals surface area contributed by atoms with Gasteiger partial charge >= 0.3 is 5.69 Å². The molecule has 1 unspecified atom stereocenters. The number of aromatic nitrogens is 2. The number of hydrogen-bond acceptors (Lipinski definition) is 6. The lowest BCUT2D eigenvalue weighted by Gasteiger charge is -2.19. The zero-order valence-electron chi connectivity index (χ0n) is 11.7. The van der Waals surface area contributed by atoms with E-state index in [2.05, 4.69) is 0 Å². The molecule has 0 aliphatic carbocycles. The Morgan fingerprint density at radius 3 is 2.73 bits per heavy atom. The highest BCUT2D eigenvalue weighted by molar-refractivity contribution is 4.95. The van der Waals surface area contributed by atoms with Crippen molar-refractivity contribution in [2.45, 2.75) is 43.9 Å². The maximum Gasteiger partial charge on any atom is 0.335 e. The van der Waals surface area contributed by atoms with Crippen molar-refractivity contribution in [3.05, 3.63) is 32.9 Å². The molecule has 9 heteroatoms. The average Bonchev–Trinajstić information content (AvgIpc) is 3.13. The Balaban J connectivity index is 2.02. The summed E-state index contributed by atoms with van der Waals surface area (Å²) in [6.07, 6.45) is -1.62. The summed E-state index contributed by atoms with van der Waals surface area (Å²) in [5.41, 5.74) is -1.79. The molecule has 8 nitrogen and oxygen atoms in total. The van der Waals surface area contributed by atoms with E-state index in [1.54, 1.807) is 0 Å². The van der Waals surface area contributed by atoms with Crippen LogP contribution in [0.4, 0.5) is 4.39 Å². The highest BCUT2D eigenvalue weighted by Gasteiger charge is 2.36. The van der Waals surface area contributed by atoms with Crippen LogP contribution in [-0.2, 0) is 9.47 Å². The van der Waals surface area contributed by atoms with E-state index >= 15 is 0 Å². The first-order valence-corrected chi connectivity index (χ1v) is 7.12. The van der Waals surface area contributed by atoms with E-state index in [9.17, 15) is 19.1 Å². The number of nitrogens with zero attached hydrogens (tertiary/aromatic N) is 2. The highest BCUT2D eigenvalue weighted by atomic mass is 19.1. The minimum absolute atomic E-state index is 0.0221. The predicted octanol–water partition coefficient (Wildman–Crippen LogP) is -0.901. The van der Waals surface area contributed by atoms with Gasteiger partial charge < -0.3 is 19.7 Å². The van der Waals surface area contributed by atoms with Crippen LogP contribution in [0.25, 0.3) is 0 Å². The normalized spacial score (nSPS) is 31.8. The first-order chi connectivity index (χ1) is 10.5. The van der Waals surface area contributed by atoms with Crippen molar-refractivity contribution in [2.24, 2.45) is 0 Å². The molecule has 3 rings (SSSR count). The second-order valence-corrected chi connectivity index (χ2v) is 5.42. The van der Waals surface area contributed by atoms with Crippen LogP contribution in [0.5, 0.6) is 0 Å². The number of rotatable bonds is 3. The monoisotopic (exact) mass is 316 g/mol. The van der Waals surface area contributed by atoms with Crippen LogP contribution in [-0.4, -0.2) is 44.8 Å². The summed E-state index contributed by atoms with van der Waals surface area (Å²) in [5.74, 6) is -1.10. The molecule has 0 radical (unpaired) electrons. The van der Waals surface area contributed by atoms with Crippen LogP contribution in [0.15, 0.2) is 15.8 Å². The van der Waals surface area contributed by atoms with Gasteiger partial charge in [-0.1, -0.05) is 0 Å². The lowest BCUT2D eigenvalue weighted by Crippen LogP contribution is -2.44. The molecular formula is C13H17FN2O6. The summed E-state index contributed by atoms with van der Waals surface area (Å²) in [6, 6.07) is 0. The third-order valence-electron chi connectivity index (χ3n) is 3.99. The molecule has 0 bridgehead atoms. The van der Waals surface area contributed by atoms with Gasteiger partial charge in [0.1, 0.15) is 18.6 Å². The topological polar surface area (TPSA) is 103 Å². The summed E-state index contributed by atoms with van der Waals surface area (Å²) in [6.45, 7) is -0.0153. The third kappa shape index (κ3) is 2.50. The van der Waals surface area contributed by atoms with Crippen LogP contribution in [0, 0.1) is 5.82 Å². The fraction of sp³-hybridized carbons (Fsp3) is 0.692. The minimum atomic E-state index is -1.10. The van der Waals surface area contributed by atoms with E-state index in [-0.39, 0.29) is 6.42 Å². The molecule has 22 heavy (non-hydrogen) atoms. The van der Waals surface area contributed by atoms with Gasteiger partial charge in [0, 0.05) is 13.0 Å². The third-order valence-corrected chi connectivity index (χ3v) is 3.99. The van der Waals surface area contributed by atoms with Gasteiger partial charge in [-0.15, -0.1) is 0 Å². The van der Waals surface area contributed by atoms with Crippen molar-refractivity contribution in [1.82, 2.24) is 9.13 Å². The van der Waals surface area contributed by atoms with Gasteiger partial charge in [-0.3, -0.25) is 9.36 Å². The minimum Gasteiger partial charge on any atom is -0.394 e. The van der Waals surface area contributed by atoms with Gasteiger partial charge in [-0.25, -0.2) is 9.36 Å². The van der Waals surface area contributed by atoms with Crippen molar-refractivity contribution in [2.75, 3.05) is 13.2 Å². The Hall–Kier alpha value is -1.55. The Morgan fingerprint density at radius 2 is 2.14 bits per heavy atom. The van der Waals surface area contributed by atoms with Crippen LogP contribution >= 0.6 is 0 Å². The maximum absolute atomic E-state index is 13.9. The van der Waals surface area contributed by atoms with E-state index in [1.807, 2.05) is 0 Å². The number of ether oxygens (including phenoxy) is 2. The van der Waals surface area contributed by atoms with E-state index in [0.717, 1.165) is 15.3 Å². The molecule has 1 aromatic heterocycles. The molecule has 0 saturated carbocycles. The Labute approximate surface area is 124 Å². The summed E-state index contributed by atoms with van der Waals surface area (Å²) in [7, 11) is 0. The van der Waals surface area contributed by atoms with Crippen LogP contribution in [0.2, 0.25) is 0 Å². The number of aliphatic hydroxyl groups excluding tert-OH is 2. The first-order valence-electron chi connectivity index (χ1n) is 7.12. The second-order valence-electron chi connectivity index (χ2n) is 5.42. The van der Waals surface area contributed by atoms with Crippen molar-refractivity contribution in [3.8, 4) is 0 Å². The summed E-state index contributed by atoms with van der Waals surface area (Å²) in [5, 5.41) is 18.8. The predicted molar refractivity (Wildman–Crippen MR) is 70.8 cm³/mol. The molecule has 2 saturated heterocycles. The lowest BCUT2D eigenvalue weighted by molar-refractivity contribution is -0.0479. The van der Waals surface area contributed by atoms with Crippen molar-refractivity contribution < 1.29 is 24.1 Å². The zero-order valence-corrected chi connectivity index (χ0v) is 11.7. The number of hydrogen-bond donors (Lipinski definition) is 2. The number of halogens is 1. The van der Waals surface area contributed by atoms with Crippen LogP contribution < -0.4 is 11.2 Å². The molecule has 0 aromatic carbocycles. The van der Waals surface area contributed by atoms with Crippen LogP contribution in [0.1, 0.15) is 31.7 Å². The average molecular weight is 316 g/mol. The molecule has 2 aliphatic rings. The maximum atomic E-state index is 13.9. The molecule has 2 aliphatic heterocycles. The SMILES string of the molecule is O=c1c(F)cn([C@H]2C[C@H](O)[C@@H](CO)O2)c(=O)n1C1CCCO1. The molecule has 122 valence electrons. The Kier molecular flexibility index (Phi) is 4.13. The molecule has 3 heterocycles. The van der Waals surface area contributed by atoms with Gasteiger partial charge in [0.25, 0.3) is 5.56 Å². The zero-order chi connectivity index (χ0) is 15.9. The molecule has 4 atom stereocenters. The van der Waals surface area contributed by atoms with Gasteiger partial charge in [0.05, 0.1) is 18.9 Å². The van der Waals surface area contributed by atoms with Crippen LogP contribution in [0.3, 0.4) is 0 Å². The Bertz CT molecular complexity index is 665. The molecule has 1 aromatic rings. The molecular weight excluding hydrogens is 299 g/mol. The van der Waals surface area contributed by atoms with Gasteiger partial charge in [-0.2, -0.15) is 4.39 Å². The summed E-state index contributed by atoms with van der Waals surface area (Å²) in [4.78, 5) is 24.4. The molecule has 0 spiro atoms. The van der Waals surface area contributed by atoms with Crippen molar-refractivity contribution in [3.63, 3.8) is 0 Å². The fourth-order valence-corrected chi connectivity index (χ4v) is 2.83. The van der Waals surface area contributed by atoms with Gasteiger partial charge in [0.15, 0.2) is 0 Å². The van der Waals surface area contributed by atoms with Gasteiger partial charge in [-0.05, 0) is 12.8 Å². The van der Waals surface area contributed by atoms with E-state index in [1.165, 1.54) is 0 Å². The lowest BCUT2D eigenvalue weighted by atomic mass is 10.2. The van der Waals surface area contributed by atoms with Gasteiger partial charge in [0.2, 0.25) is 5.82 Å². The van der Waals surface area contributed by atoms with E-state index in [4.69, 9.17) is 14.6 Å². The smallest absolute Gasteiger partial charge is 0.335 e. The summed E-state index contributed by atoms with van der Waals surface area (Å²) >= 11 is 0. The Morgan fingerprint density at radius 1 is 1.36 bits per heavy atom. The molecule has 2 N–H and O–H groups in total. The highest BCUT2D eigenvalue weighted by Crippen LogP contribution is 2.27. The fourth-order valence-electron chi connectivity index (χ4n) is 2.83.